The normalized spacial score (nSPS) is 28.6. The van der Waals surface area contributed by atoms with Gasteiger partial charge in [0.1, 0.15) is 36.4 Å². The zero-order valence-corrected chi connectivity index (χ0v) is 41.8. The van der Waals surface area contributed by atoms with Crippen molar-refractivity contribution in [3.63, 3.8) is 0 Å². The van der Waals surface area contributed by atoms with E-state index in [0.717, 1.165) is 77.2 Å². The van der Waals surface area contributed by atoms with Gasteiger partial charge in [0.25, 0.3) is 5.91 Å². The predicted octanol–water partition coefficient (Wildman–Crippen LogP) is 5.85. The number of esters is 1. The number of hydrogen-bond acceptors (Lipinski definition) is 14. The zero-order chi connectivity index (χ0) is 48.9. The maximum atomic E-state index is 15.4. The van der Waals surface area contributed by atoms with E-state index in [1.807, 2.05) is 32.2 Å². The van der Waals surface area contributed by atoms with Crippen LogP contribution in [0.5, 0.6) is 0 Å². The first-order valence-corrected chi connectivity index (χ1v) is 25.9. The molecule has 374 valence electrons. The topological polar surface area (TPSA) is 176 Å². The van der Waals surface area contributed by atoms with E-state index in [0.29, 0.717) is 56.5 Å². The number of carbonyl (C=O) groups excluding carboxylic acids is 3. The fraction of sp³-hybridized carbons (Fsp3) is 0.574. The number of pyridine rings is 1. The maximum Gasteiger partial charge on any atom is 0.324 e. The molecule has 6 bridgehead atoms. The molecule has 0 unspecified atom stereocenters. The number of rotatable bonds is 9. The van der Waals surface area contributed by atoms with Gasteiger partial charge in [0.2, 0.25) is 11.8 Å². The Hall–Kier alpha value is -5.59. The van der Waals surface area contributed by atoms with Crippen molar-refractivity contribution in [2.24, 2.45) is 17.3 Å². The highest BCUT2D eigenvalue weighted by molar-refractivity contribution is 5.95. The summed E-state index contributed by atoms with van der Waals surface area (Å²) in [6, 6.07) is 10.9. The monoisotopic (exact) mass is 966 g/mol. The minimum absolute atomic E-state index is 0.00617. The van der Waals surface area contributed by atoms with Crippen LogP contribution in [0.15, 0.2) is 65.8 Å². The van der Waals surface area contributed by atoms with E-state index in [1.165, 1.54) is 24.2 Å². The van der Waals surface area contributed by atoms with Gasteiger partial charge < -0.3 is 23.8 Å². The van der Waals surface area contributed by atoms with Gasteiger partial charge in [0.15, 0.2) is 0 Å². The second-order valence-electron chi connectivity index (χ2n) is 22.5. The van der Waals surface area contributed by atoms with E-state index in [9.17, 15) is 9.59 Å². The van der Waals surface area contributed by atoms with Gasteiger partial charge in [-0.25, -0.2) is 20.4 Å². The number of nitrogens with zero attached hydrogens (tertiary/aromatic N) is 9. The Kier molecular flexibility index (Phi) is 11.7. The van der Waals surface area contributed by atoms with Gasteiger partial charge in [0.05, 0.1) is 30.1 Å². The Labute approximate surface area is 415 Å². The van der Waals surface area contributed by atoms with Crippen molar-refractivity contribution < 1.29 is 28.3 Å². The Morgan fingerprint density at radius 3 is 2.58 bits per heavy atom. The number of ether oxygens (including phenoxy) is 2. The lowest BCUT2D eigenvalue weighted by Crippen LogP contribution is -2.70. The van der Waals surface area contributed by atoms with Crippen LogP contribution in [0.4, 0.5) is 0 Å². The highest BCUT2D eigenvalue weighted by Gasteiger charge is 2.57. The van der Waals surface area contributed by atoms with Crippen LogP contribution in [0.3, 0.4) is 0 Å². The number of oxazole rings is 1. The third kappa shape index (κ3) is 8.25. The van der Waals surface area contributed by atoms with Crippen LogP contribution in [0.2, 0.25) is 0 Å². The number of amides is 2. The quantitative estimate of drug-likeness (QED) is 0.168. The summed E-state index contributed by atoms with van der Waals surface area (Å²) in [7, 11) is 3.90. The standard InChI is InChI=1S/C54H67N11O6/c1-31-43(39-16-19-55-30-57-39)44(31)49(66)59-46-48(63-27-54(28-63)17-9-20-61(54)5)50-58-41(26-70-50)33-12-15-42-37(22-33)38(23-53(3,4)29-71-52(68)40-11-8-21-64(60-40)51(46)67)47(36-10-7-18-56-45(36)32(2)69-6)65(42)35-24-62(25-35)34-13-14-34/h7,10,12,15-16,18-19,22,26,30-32,34-35,40,43-44,46,48,60H,8-9,11,13-14,17,20-21,23-25,27-29H2,1-6H3,(H,59,66)/t31-,32-,40-,43-,44+,46-,48-/m0/s1. The van der Waals surface area contributed by atoms with Crippen LogP contribution in [0.1, 0.15) is 113 Å². The molecule has 4 saturated heterocycles. The van der Waals surface area contributed by atoms with Crippen molar-refractivity contribution in [2.45, 2.75) is 120 Å². The fourth-order valence-corrected chi connectivity index (χ4v) is 12.8. The summed E-state index contributed by atoms with van der Waals surface area (Å²) in [4.78, 5) is 70.5. The second kappa shape index (κ2) is 17.9. The van der Waals surface area contributed by atoms with Crippen molar-refractivity contribution in [2.75, 3.05) is 60.0 Å². The van der Waals surface area contributed by atoms with Crippen LogP contribution in [-0.2, 0) is 30.3 Å². The largest absolute Gasteiger partial charge is 0.464 e. The molecular formula is C54H67N11O6. The first-order valence-electron chi connectivity index (χ1n) is 25.9. The van der Waals surface area contributed by atoms with Gasteiger partial charge in [-0.05, 0) is 107 Å². The van der Waals surface area contributed by atoms with Crippen molar-refractivity contribution in [1.82, 2.24) is 55.0 Å². The van der Waals surface area contributed by atoms with Crippen LogP contribution in [-0.4, -0.2) is 146 Å². The summed E-state index contributed by atoms with van der Waals surface area (Å²) in [6.45, 7) is 13.2. The second-order valence-corrected chi connectivity index (χ2v) is 22.5. The highest BCUT2D eigenvalue weighted by atomic mass is 16.5. The molecule has 71 heavy (non-hydrogen) atoms. The molecule has 4 aromatic heterocycles. The van der Waals surface area contributed by atoms with Gasteiger partial charge in [-0.3, -0.25) is 39.1 Å². The zero-order valence-electron chi connectivity index (χ0n) is 41.8. The third-order valence-electron chi connectivity index (χ3n) is 17.2. The molecule has 1 aromatic carbocycles. The Morgan fingerprint density at radius 2 is 1.83 bits per heavy atom. The molecule has 12 rings (SSSR count). The van der Waals surface area contributed by atoms with Crippen LogP contribution in [0, 0.1) is 17.3 Å². The van der Waals surface area contributed by atoms with E-state index in [-0.39, 0.29) is 47.9 Å². The average Bonchev–Trinajstić information content (AvgIpc) is 4.16. The number of fused-ring (bicyclic) bond motifs is 6. The molecule has 0 radical (unpaired) electrons. The number of aromatic nitrogens is 5. The summed E-state index contributed by atoms with van der Waals surface area (Å²) < 4.78 is 21.4. The van der Waals surface area contributed by atoms with E-state index >= 15 is 4.79 Å². The number of hydrogen-bond donors (Lipinski definition) is 2. The number of nitrogens with one attached hydrogen (secondary N) is 2. The lowest BCUT2D eigenvalue weighted by Gasteiger charge is -2.55. The summed E-state index contributed by atoms with van der Waals surface area (Å²) >= 11 is 0. The number of likely N-dealkylation sites (N-methyl/N-ethyl adjacent to an activating group) is 1. The third-order valence-corrected chi connectivity index (χ3v) is 17.2. The lowest BCUT2D eigenvalue weighted by molar-refractivity contribution is -0.157. The van der Waals surface area contributed by atoms with Gasteiger partial charge in [-0.15, -0.1) is 0 Å². The molecule has 6 fully saturated rings. The first-order chi connectivity index (χ1) is 34.3. The fourth-order valence-electron chi connectivity index (χ4n) is 12.8. The average molecular weight is 966 g/mol. The molecule has 9 heterocycles. The number of carbonyl (C=O) groups is 3. The SMILES string of the molecule is CO[C@@H](C)c1ncccc1-c1c2c3cc(ccc3n1C1CN(C3CC3)C1)-c1coc(n1)[C@@H](N1CC3(CCCN3C)C1)[C@H](NC(=O)[C@@H]1[C@@H](C)[C@H]1c1ccncn1)C(=O)N1CCC[C@H](N1)C(=O)OCC(C)(C)C2. The molecule has 2 aliphatic carbocycles. The van der Waals surface area contributed by atoms with Gasteiger partial charge in [0, 0.05) is 109 Å². The van der Waals surface area contributed by atoms with Crippen molar-refractivity contribution >= 4 is 28.7 Å². The van der Waals surface area contributed by atoms with E-state index in [4.69, 9.17) is 23.9 Å². The summed E-state index contributed by atoms with van der Waals surface area (Å²) in [5, 5.41) is 5.89. The van der Waals surface area contributed by atoms with Crippen molar-refractivity contribution in [3.05, 3.63) is 84.2 Å². The Bertz CT molecular complexity index is 2850. The van der Waals surface area contributed by atoms with Crippen LogP contribution in [0.25, 0.3) is 33.4 Å². The molecule has 17 heteroatoms. The summed E-state index contributed by atoms with van der Waals surface area (Å²) in [5.74, 6) is -1.16. The maximum absolute atomic E-state index is 15.4. The number of hydrazine groups is 1. The molecule has 5 aromatic rings. The molecule has 2 saturated carbocycles. The minimum atomic E-state index is -1.11. The number of methoxy groups -OCH3 is 1. The van der Waals surface area contributed by atoms with Crippen LogP contribution < -0.4 is 10.7 Å². The van der Waals surface area contributed by atoms with Crippen molar-refractivity contribution in [3.8, 4) is 22.5 Å². The molecular weight excluding hydrogens is 899 g/mol. The minimum Gasteiger partial charge on any atom is -0.464 e. The van der Waals surface area contributed by atoms with Gasteiger partial charge >= 0.3 is 5.97 Å². The van der Waals surface area contributed by atoms with Crippen LogP contribution >= 0.6 is 0 Å². The number of cyclic esters (lactones) is 1. The Morgan fingerprint density at radius 1 is 1.00 bits per heavy atom. The van der Waals surface area contributed by atoms with Gasteiger partial charge in [-0.2, -0.15) is 0 Å². The smallest absolute Gasteiger partial charge is 0.324 e. The molecule has 2 N–H and O–H groups in total. The van der Waals surface area contributed by atoms with Crippen molar-refractivity contribution in [1.29, 1.82) is 0 Å². The Balaban J connectivity index is 1.00. The molecule has 7 atom stereocenters. The molecule has 5 aliphatic heterocycles. The lowest BCUT2D eigenvalue weighted by atomic mass is 9.84. The molecule has 7 aliphatic rings. The number of benzene rings is 1. The molecule has 17 nitrogen and oxygen atoms in total. The van der Waals surface area contributed by atoms with Gasteiger partial charge in [-0.1, -0.05) is 26.8 Å². The summed E-state index contributed by atoms with van der Waals surface area (Å²) in [6.07, 6.45) is 12.8. The van der Waals surface area contributed by atoms with E-state index in [2.05, 4.69) is 85.1 Å². The summed E-state index contributed by atoms with van der Waals surface area (Å²) in [5.41, 5.74) is 10.3. The first kappa shape index (κ1) is 46.5. The van der Waals surface area contributed by atoms with E-state index < -0.39 is 35.4 Å². The molecule has 1 spiro atoms. The molecule has 2 amide bonds. The van der Waals surface area contributed by atoms with E-state index in [1.54, 1.807) is 19.6 Å². The number of likely N-dealkylation sites (tertiary alicyclic amines) is 3. The highest BCUT2D eigenvalue weighted by Crippen LogP contribution is 2.54. The predicted molar refractivity (Wildman–Crippen MR) is 264 cm³/mol.